The fraction of sp³-hybridized carbons (Fsp3) is 0.167. The van der Waals surface area contributed by atoms with E-state index in [2.05, 4.69) is 0 Å². The lowest BCUT2D eigenvalue weighted by atomic mass is 10.0. The molecule has 2 N–H and O–H groups in total. The van der Waals surface area contributed by atoms with Crippen molar-refractivity contribution in [2.45, 2.75) is 13.0 Å². The first-order chi connectivity index (χ1) is 7.58. The molecule has 1 aromatic heterocycles. The molecular weight excluding hydrogens is 245 g/mol. The maximum absolute atomic E-state index is 13.6. The highest BCUT2D eigenvalue weighted by Gasteiger charge is 2.14. The molecule has 1 nitrogen and oxygen atoms in total. The van der Waals surface area contributed by atoms with Gasteiger partial charge in [-0.05, 0) is 42.1 Å². The molecule has 1 heterocycles. The van der Waals surface area contributed by atoms with Crippen molar-refractivity contribution in [3.63, 3.8) is 0 Å². The minimum Gasteiger partial charge on any atom is -0.320 e. The molecule has 0 saturated carbocycles. The van der Waals surface area contributed by atoms with E-state index in [1.807, 2.05) is 18.4 Å². The molecule has 2 rings (SSSR count). The number of nitrogens with two attached hydrogens (primary N) is 1. The fourth-order valence-corrected chi connectivity index (χ4v) is 2.48. The highest BCUT2D eigenvalue weighted by molar-refractivity contribution is 7.10. The second kappa shape index (κ2) is 4.53. The zero-order valence-electron chi connectivity index (χ0n) is 8.71. The molecule has 0 amide bonds. The maximum atomic E-state index is 13.6. The third-order valence-electron chi connectivity index (χ3n) is 2.40. The van der Waals surface area contributed by atoms with Gasteiger partial charge in [0.05, 0.1) is 6.04 Å². The minimum atomic E-state index is -0.455. The molecule has 0 spiro atoms. The van der Waals surface area contributed by atoms with Crippen LogP contribution in [-0.2, 0) is 0 Å². The molecule has 4 heteroatoms. The largest absolute Gasteiger partial charge is 0.320 e. The lowest BCUT2D eigenvalue weighted by molar-refractivity contribution is 0.600. The van der Waals surface area contributed by atoms with E-state index in [1.54, 1.807) is 17.4 Å². The molecule has 84 valence electrons. The molecule has 0 radical (unpaired) electrons. The van der Waals surface area contributed by atoms with Crippen molar-refractivity contribution in [1.82, 2.24) is 0 Å². The summed E-state index contributed by atoms with van der Waals surface area (Å²) >= 11 is 7.44. The Balaban J connectivity index is 2.40. The summed E-state index contributed by atoms with van der Waals surface area (Å²) in [6.45, 7) is 2.00. The summed E-state index contributed by atoms with van der Waals surface area (Å²) in [6, 6.07) is 5.95. The van der Waals surface area contributed by atoms with E-state index >= 15 is 0 Å². The first-order valence-corrected chi connectivity index (χ1v) is 6.09. The molecule has 2 aromatic rings. The van der Waals surface area contributed by atoms with Crippen LogP contribution in [0.15, 0.2) is 29.6 Å². The highest BCUT2D eigenvalue weighted by atomic mass is 35.5. The Bertz CT molecular complexity index is 509. The van der Waals surface area contributed by atoms with E-state index in [4.69, 9.17) is 17.3 Å². The Morgan fingerprint density at radius 2 is 2.12 bits per heavy atom. The van der Waals surface area contributed by atoms with Crippen molar-refractivity contribution in [2.75, 3.05) is 0 Å². The Hall–Kier alpha value is -0.900. The van der Waals surface area contributed by atoms with Crippen molar-refractivity contribution < 1.29 is 4.39 Å². The molecular formula is C12H11ClFNS. The fourth-order valence-electron chi connectivity index (χ4n) is 1.56. The summed E-state index contributed by atoms with van der Waals surface area (Å²) in [5.74, 6) is -0.319. The maximum Gasteiger partial charge on any atom is 0.128 e. The number of rotatable bonds is 2. The van der Waals surface area contributed by atoms with Crippen molar-refractivity contribution in [3.05, 3.63) is 56.5 Å². The number of hydrogen-bond donors (Lipinski definition) is 1. The minimum absolute atomic E-state index is 0.319. The van der Waals surface area contributed by atoms with Crippen molar-refractivity contribution in [3.8, 4) is 0 Å². The van der Waals surface area contributed by atoms with Crippen LogP contribution in [-0.4, -0.2) is 0 Å². The van der Waals surface area contributed by atoms with Crippen molar-refractivity contribution >= 4 is 22.9 Å². The van der Waals surface area contributed by atoms with Gasteiger partial charge >= 0.3 is 0 Å². The summed E-state index contributed by atoms with van der Waals surface area (Å²) in [4.78, 5) is 1.16. The topological polar surface area (TPSA) is 26.0 Å². The van der Waals surface area contributed by atoms with Crippen LogP contribution in [0.1, 0.15) is 22.0 Å². The van der Waals surface area contributed by atoms with Crippen LogP contribution in [0.2, 0.25) is 5.02 Å². The van der Waals surface area contributed by atoms with Gasteiger partial charge in [-0.1, -0.05) is 11.6 Å². The Morgan fingerprint density at radius 1 is 1.38 bits per heavy atom. The van der Waals surface area contributed by atoms with Crippen LogP contribution < -0.4 is 5.73 Å². The average Bonchev–Trinajstić information content (AvgIpc) is 2.67. The smallest absolute Gasteiger partial charge is 0.128 e. The van der Waals surface area contributed by atoms with Gasteiger partial charge in [-0.2, -0.15) is 0 Å². The molecule has 0 aliphatic heterocycles. The first kappa shape index (κ1) is 11.6. The molecule has 1 unspecified atom stereocenters. The third-order valence-corrected chi connectivity index (χ3v) is 3.52. The van der Waals surface area contributed by atoms with E-state index in [9.17, 15) is 4.39 Å². The van der Waals surface area contributed by atoms with Gasteiger partial charge in [0.25, 0.3) is 0 Å². The van der Waals surface area contributed by atoms with Crippen molar-refractivity contribution in [2.24, 2.45) is 5.73 Å². The Morgan fingerprint density at radius 3 is 2.75 bits per heavy atom. The molecule has 0 aliphatic rings. The van der Waals surface area contributed by atoms with Crippen molar-refractivity contribution in [1.29, 1.82) is 0 Å². The van der Waals surface area contributed by atoms with Gasteiger partial charge in [-0.15, -0.1) is 11.3 Å². The number of halogens is 2. The second-order valence-electron chi connectivity index (χ2n) is 3.63. The predicted octanol–water partition coefficient (Wildman–Crippen LogP) is 3.90. The average molecular weight is 256 g/mol. The second-order valence-corrected chi connectivity index (χ2v) is 5.19. The molecule has 1 aromatic carbocycles. The van der Waals surface area contributed by atoms with E-state index < -0.39 is 6.04 Å². The summed E-state index contributed by atoms with van der Waals surface area (Å²) < 4.78 is 13.6. The van der Waals surface area contributed by atoms with Gasteiger partial charge in [0.15, 0.2) is 0 Å². The first-order valence-electron chi connectivity index (χ1n) is 4.83. The summed E-state index contributed by atoms with van der Waals surface area (Å²) in [5, 5.41) is 2.44. The van der Waals surface area contributed by atoms with Crippen LogP contribution in [0.4, 0.5) is 4.39 Å². The van der Waals surface area contributed by atoms with Gasteiger partial charge in [-0.3, -0.25) is 0 Å². The van der Waals surface area contributed by atoms with E-state index in [1.165, 1.54) is 12.1 Å². The quantitative estimate of drug-likeness (QED) is 0.866. The molecule has 1 atom stereocenters. The van der Waals surface area contributed by atoms with Crippen LogP contribution in [0, 0.1) is 12.7 Å². The Kier molecular flexibility index (Phi) is 3.28. The van der Waals surface area contributed by atoms with Crippen LogP contribution >= 0.6 is 22.9 Å². The molecule has 0 fully saturated rings. The van der Waals surface area contributed by atoms with Gasteiger partial charge in [0, 0.05) is 15.5 Å². The van der Waals surface area contributed by atoms with Crippen LogP contribution in [0.25, 0.3) is 0 Å². The standard InChI is InChI=1S/C12H11ClFNS/c1-7-4-8(6-16-7)12(15)10-5-9(13)2-3-11(10)14/h2-6,12H,15H2,1H3. The molecule has 0 aliphatic carbocycles. The zero-order valence-corrected chi connectivity index (χ0v) is 10.3. The third kappa shape index (κ3) is 2.26. The van der Waals surface area contributed by atoms with Crippen LogP contribution in [0.3, 0.4) is 0 Å². The van der Waals surface area contributed by atoms with Gasteiger partial charge < -0.3 is 5.73 Å². The monoisotopic (exact) mass is 255 g/mol. The van der Waals surface area contributed by atoms with Crippen LogP contribution in [0.5, 0.6) is 0 Å². The summed E-state index contributed by atoms with van der Waals surface area (Å²) in [5.41, 5.74) is 7.36. The van der Waals surface area contributed by atoms with E-state index in [0.717, 1.165) is 10.4 Å². The zero-order chi connectivity index (χ0) is 11.7. The molecule has 16 heavy (non-hydrogen) atoms. The van der Waals surface area contributed by atoms with Gasteiger partial charge in [0.2, 0.25) is 0 Å². The SMILES string of the molecule is Cc1cc(C(N)c2cc(Cl)ccc2F)cs1. The lowest BCUT2D eigenvalue weighted by Crippen LogP contribution is -2.12. The molecule has 0 saturated heterocycles. The molecule has 0 bridgehead atoms. The predicted molar refractivity (Wildman–Crippen MR) is 66.5 cm³/mol. The highest BCUT2D eigenvalue weighted by Crippen LogP contribution is 2.27. The lowest BCUT2D eigenvalue weighted by Gasteiger charge is -2.11. The summed E-state index contributed by atoms with van der Waals surface area (Å²) in [7, 11) is 0. The van der Waals surface area contributed by atoms with E-state index in [-0.39, 0.29) is 5.82 Å². The Labute approximate surface area is 103 Å². The summed E-state index contributed by atoms with van der Waals surface area (Å²) in [6.07, 6.45) is 0. The van der Waals surface area contributed by atoms with Gasteiger partial charge in [-0.25, -0.2) is 4.39 Å². The van der Waals surface area contributed by atoms with Gasteiger partial charge in [0.1, 0.15) is 5.82 Å². The number of benzene rings is 1. The normalized spacial score (nSPS) is 12.8. The number of aryl methyl sites for hydroxylation is 1. The number of hydrogen-bond acceptors (Lipinski definition) is 2. The number of thiophene rings is 1. The van der Waals surface area contributed by atoms with E-state index in [0.29, 0.717) is 10.6 Å².